The Bertz CT molecular complexity index is 904. The zero-order valence-corrected chi connectivity index (χ0v) is 14.9. The number of hydrogen-bond donors (Lipinski definition) is 2. The van der Waals surface area contributed by atoms with Gasteiger partial charge in [-0.1, -0.05) is 17.8 Å². The van der Waals surface area contributed by atoms with Gasteiger partial charge in [-0.25, -0.2) is 4.98 Å². The fourth-order valence-electron chi connectivity index (χ4n) is 1.91. The lowest BCUT2D eigenvalue weighted by Gasteiger charge is -2.09. The summed E-state index contributed by atoms with van der Waals surface area (Å²) >= 11 is 1.16. The molecule has 0 unspecified atom stereocenters. The molecule has 142 valence electrons. The number of rotatable bonds is 7. The molecule has 0 aliphatic carbocycles. The molecule has 27 heavy (non-hydrogen) atoms. The van der Waals surface area contributed by atoms with Crippen molar-refractivity contribution in [2.45, 2.75) is 6.18 Å². The third-order valence-electron chi connectivity index (χ3n) is 3.18. The predicted octanol–water partition coefficient (Wildman–Crippen LogP) is 3.96. The van der Waals surface area contributed by atoms with E-state index in [1.165, 1.54) is 31.5 Å². The molecule has 0 aliphatic heterocycles. The fraction of sp³-hybridized carbons (Fsp3) is 0.118. The molecule has 0 saturated carbocycles. The van der Waals surface area contributed by atoms with E-state index < -0.39 is 17.6 Å². The van der Waals surface area contributed by atoms with Crippen LogP contribution in [0.15, 0.2) is 53.0 Å². The molecule has 0 aliphatic rings. The number of benzene rings is 1. The fourth-order valence-corrected chi connectivity index (χ4v) is 2.65. The summed E-state index contributed by atoms with van der Waals surface area (Å²) in [6.45, 7) is 3.53. The molecule has 0 saturated heterocycles. The van der Waals surface area contributed by atoms with Crippen molar-refractivity contribution in [3.63, 3.8) is 0 Å². The Kier molecular flexibility index (Phi) is 6.35. The first-order valence-electron chi connectivity index (χ1n) is 7.38. The quantitative estimate of drug-likeness (QED) is 0.321. The molecule has 2 rings (SSSR count). The lowest BCUT2D eigenvalue weighted by molar-refractivity contribution is -0.137. The minimum atomic E-state index is -4.44. The van der Waals surface area contributed by atoms with Crippen molar-refractivity contribution in [1.29, 1.82) is 0 Å². The van der Waals surface area contributed by atoms with E-state index in [0.717, 1.165) is 23.5 Å². The number of allylic oxidation sites excluding steroid dienone is 1. The molecule has 1 heterocycles. The van der Waals surface area contributed by atoms with E-state index in [1.54, 1.807) is 5.38 Å². The van der Waals surface area contributed by atoms with Crippen molar-refractivity contribution in [1.82, 2.24) is 4.98 Å². The van der Waals surface area contributed by atoms with E-state index >= 15 is 0 Å². The zero-order valence-electron chi connectivity index (χ0n) is 14.1. The summed E-state index contributed by atoms with van der Waals surface area (Å²) < 4.78 is 38.4. The largest absolute Gasteiger partial charge is 0.416 e. The molecule has 1 aromatic carbocycles. The van der Waals surface area contributed by atoms with Crippen molar-refractivity contribution in [3.8, 4) is 0 Å². The monoisotopic (exact) mass is 396 g/mol. The van der Waals surface area contributed by atoms with Crippen LogP contribution >= 0.6 is 11.3 Å². The molecule has 6 nitrogen and oxygen atoms in total. The van der Waals surface area contributed by atoms with Gasteiger partial charge < -0.3 is 15.9 Å². The molecule has 0 bridgehead atoms. The topological polar surface area (TPSA) is 89.6 Å². The lowest BCUT2D eigenvalue weighted by atomic mass is 10.1. The lowest BCUT2D eigenvalue weighted by Crippen LogP contribution is -2.11. The number of nitrogens with one attached hydrogen (secondary N) is 1. The number of carbonyl (C=O) groups is 1. The van der Waals surface area contributed by atoms with Gasteiger partial charge in [0.1, 0.15) is 7.11 Å². The standard InChI is InChI=1S/C17H15F3N4O2S/c1-10(15(21)25)6-11(8-22-26-2)14-9-27-16(24-14)23-13-5-3-4-12(7-13)17(18,19)20/h3-9H,1H2,2H3,(H2,21,25)(H,23,24)/b11-6+,22-8+. The first-order chi connectivity index (χ1) is 12.7. The van der Waals surface area contributed by atoms with Crippen LogP contribution in [-0.4, -0.2) is 24.2 Å². The molecular weight excluding hydrogens is 381 g/mol. The number of primary amides is 1. The van der Waals surface area contributed by atoms with Crippen LogP contribution < -0.4 is 11.1 Å². The van der Waals surface area contributed by atoms with Crippen LogP contribution in [0, 0.1) is 0 Å². The van der Waals surface area contributed by atoms with E-state index in [0.29, 0.717) is 16.4 Å². The zero-order chi connectivity index (χ0) is 20.0. The van der Waals surface area contributed by atoms with Crippen LogP contribution in [0.3, 0.4) is 0 Å². The Morgan fingerprint density at radius 3 is 2.81 bits per heavy atom. The van der Waals surface area contributed by atoms with Gasteiger partial charge in [-0.2, -0.15) is 13.2 Å². The van der Waals surface area contributed by atoms with Crippen LogP contribution in [-0.2, 0) is 15.8 Å². The predicted molar refractivity (Wildman–Crippen MR) is 98.7 cm³/mol. The molecule has 0 radical (unpaired) electrons. The van der Waals surface area contributed by atoms with E-state index in [4.69, 9.17) is 5.73 Å². The number of anilines is 2. The Labute approximate surface area is 156 Å². The molecule has 1 aromatic heterocycles. The van der Waals surface area contributed by atoms with E-state index in [1.807, 2.05) is 0 Å². The van der Waals surface area contributed by atoms with Gasteiger partial charge in [0.15, 0.2) is 5.13 Å². The van der Waals surface area contributed by atoms with Crippen LogP contribution in [0.1, 0.15) is 11.3 Å². The second-order valence-electron chi connectivity index (χ2n) is 5.15. The summed E-state index contributed by atoms with van der Waals surface area (Å²) in [7, 11) is 1.35. The highest BCUT2D eigenvalue weighted by atomic mass is 32.1. The molecule has 0 spiro atoms. The van der Waals surface area contributed by atoms with Gasteiger partial charge in [0.25, 0.3) is 0 Å². The van der Waals surface area contributed by atoms with E-state index in [2.05, 4.69) is 26.9 Å². The number of halogens is 3. The van der Waals surface area contributed by atoms with Crippen molar-refractivity contribution < 1.29 is 22.8 Å². The normalized spacial score (nSPS) is 12.2. The van der Waals surface area contributed by atoms with Crippen molar-refractivity contribution in [2.75, 3.05) is 12.4 Å². The summed E-state index contributed by atoms with van der Waals surface area (Å²) in [6.07, 6.45) is -1.74. The number of carbonyl (C=O) groups excluding carboxylic acids is 1. The van der Waals surface area contributed by atoms with Gasteiger partial charge in [-0.15, -0.1) is 11.3 Å². The Morgan fingerprint density at radius 1 is 1.44 bits per heavy atom. The minimum absolute atomic E-state index is 0.0351. The number of amides is 1. The summed E-state index contributed by atoms with van der Waals surface area (Å²) in [5, 5.41) is 8.43. The Morgan fingerprint density at radius 2 is 2.19 bits per heavy atom. The minimum Gasteiger partial charge on any atom is -0.399 e. The van der Waals surface area contributed by atoms with Crippen LogP contribution in [0.4, 0.5) is 24.0 Å². The molecule has 3 N–H and O–H groups in total. The molecule has 1 amide bonds. The molecule has 0 fully saturated rings. The van der Waals surface area contributed by atoms with Crippen LogP contribution in [0.2, 0.25) is 0 Å². The third kappa shape index (κ3) is 5.68. The smallest absolute Gasteiger partial charge is 0.399 e. The highest BCUT2D eigenvalue weighted by Gasteiger charge is 2.30. The molecule has 0 atom stereocenters. The number of oxime groups is 1. The molecule has 10 heteroatoms. The van der Waals surface area contributed by atoms with Gasteiger partial charge in [0.2, 0.25) is 5.91 Å². The van der Waals surface area contributed by atoms with Crippen molar-refractivity contribution >= 4 is 39.9 Å². The summed E-state index contributed by atoms with van der Waals surface area (Å²) in [5.74, 6) is -0.712. The summed E-state index contributed by atoms with van der Waals surface area (Å²) in [6, 6.07) is 4.76. The maximum atomic E-state index is 12.8. The first-order valence-corrected chi connectivity index (χ1v) is 8.26. The average Bonchev–Trinajstić information content (AvgIpc) is 3.06. The highest BCUT2D eigenvalue weighted by Crippen LogP contribution is 2.32. The molecular formula is C17H15F3N4O2S. The number of alkyl halides is 3. The number of nitrogens with zero attached hydrogens (tertiary/aromatic N) is 2. The second kappa shape index (κ2) is 8.49. The SMILES string of the molecule is C=C(/C=C(\C=N\OC)c1csc(Nc2cccc(C(F)(F)F)c2)n1)C(N)=O. The highest BCUT2D eigenvalue weighted by molar-refractivity contribution is 7.13. The number of nitrogens with two attached hydrogens (primary N) is 1. The number of aromatic nitrogens is 1. The van der Waals surface area contributed by atoms with Gasteiger partial charge in [0, 0.05) is 22.2 Å². The first kappa shape index (κ1) is 20.2. The average molecular weight is 396 g/mol. The Balaban J connectivity index is 2.27. The van der Waals surface area contributed by atoms with Gasteiger partial charge >= 0.3 is 6.18 Å². The summed E-state index contributed by atoms with van der Waals surface area (Å²) in [4.78, 5) is 20.1. The van der Waals surface area contributed by atoms with Gasteiger partial charge in [-0.05, 0) is 24.3 Å². The Hall–Kier alpha value is -3.14. The maximum Gasteiger partial charge on any atom is 0.416 e. The summed E-state index contributed by atoms with van der Waals surface area (Å²) in [5.41, 5.74) is 5.48. The van der Waals surface area contributed by atoms with Crippen molar-refractivity contribution in [2.24, 2.45) is 10.9 Å². The van der Waals surface area contributed by atoms with Crippen LogP contribution in [0.5, 0.6) is 0 Å². The van der Waals surface area contributed by atoms with E-state index in [9.17, 15) is 18.0 Å². The third-order valence-corrected chi connectivity index (χ3v) is 3.94. The maximum absolute atomic E-state index is 12.8. The second-order valence-corrected chi connectivity index (χ2v) is 6.01. The molecule has 2 aromatic rings. The van der Waals surface area contributed by atoms with Gasteiger partial charge in [-0.3, -0.25) is 4.79 Å². The van der Waals surface area contributed by atoms with E-state index in [-0.39, 0.29) is 11.3 Å². The van der Waals surface area contributed by atoms with Crippen molar-refractivity contribution in [3.05, 3.63) is 59.1 Å². The van der Waals surface area contributed by atoms with Gasteiger partial charge in [0.05, 0.1) is 17.5 Å². The van der Waals surface area contributed by atoms with Crippen LogP contribution in [0.25, 0.3) is 5.57 Å². The number of hydrogen-bond acceptors (Lipinski definition) is 6. The number of thiazole rings is 1.